The van der Waals surface area contributed by atoms with Crippen molar-refractivity contribution in [1.29, 1.82) is 0 Å². The molecule has 2 heterocycles. The highest BCUT2D eigenvalue weighted by Gasteiger charge is 2.37. The first kappa shape index (κ1) is 38.0. The Balaban J connectivity index is 1.54. The molecule has 0 amide bonds. The van der Waals surface area contributed by atoms with Crippen molar-refractivity contribution in [2.24, 2.45) is 16.0 Å². The molecule has 2 aromatic rings. The van der Waals surface area contributed by atoms with Crippen LogP contribution in [0.2, 0.25) is 10.0 Å². The summed E-state index contributed by atoms with van der Waals surface area (Å²) in [6.45, 7) is 3.42. The van der Waals surface area contributed by atoms with Crippen LogP contribution in [0.3, 0.4) is 0 Å². The number of benzene rings is 2. The zero-order valence-electron chi connectivity index (χ0n) is 26.2. The largest absolute Gasteiger partial charge is 0.416 e. The number of hydrogen-bond acceptors (Lipinski definition) is 7. The lowest BCUT2D eigenvalue weighted by Crippen LogP contribution is -2.47. The van der Waals surface area contributed by atoms with E-state index in [0.717, 1.165) is 39.0 Å². The smallest absolute Gasteiger partial charge is 0.409 e. The molecule has 16 heteroatoms. The first-order valence-corrected chi connectivity index (χ1v) is 16.4. The Labute approximate surface area is 285 Å². The Morgan fingerprint density at radius 2 is 1.54 bits per heavy atom. The highest BCUT2D eigenvalue weighted by atomic mass is 35.5. The number of hydrogen-bond donors (Lipinski definition) is 2. The van der Waals surface area contributed by atoms with Crippen molar-refractivity contribution in [3.8, 4) is 0 Å². The summed E-state index contributed by atoms with van der Waals surface area (Å²) in [5.74, 6) is -0.774. The van der Waals surface area contributed by atoms with Crippen LogP contribution < -0.4 is 5.73 Å². The zero-order chi connectivity index (χ0) is 34.9. The van der Waals surface area contributed by atoms with Gasteiger partial charge in [-0.05, 0) is 106 Å². The van der Waals surface area contributed by atoms with Crippen LogP contribution in [-0.4, -0.2) is 78.5 Å². The number of piperidine rings is 2. The average Bonchev–Trinajstić information content (AvgIpc) is 3.05. The number of alkyl halides is 6. The Hall–Kier alpha value is -2.78. The van der Waals surface area contributed by atoms with Gasteiger partial charge in [0, 0.05) is 12.0 Å². The fraction of sp³-hybridized carbons (Fsp3) is 0.562. The van der Waals surface area contributed by atoms with E-state index in [1.165, 1.54) is 19.3 Å². The van der Waals surface area contributed by atoms with Crippen molar-refractivity contribution in [3.05, 3.63) is 68.7 Å². The average molecular weight is 727 g/mol. The third kappa shape index (κ3) is 11.1. The topological polar surface area (TPSA) is 95.9 Å². The summed E-state index contributed by atoms with van der Waals surface area (Å²) < 4.78 is 86.2. The second kappa shape index (κ2) is 17.2. The van der Waals surface area contributed by atoms with E-state index in [2.05, 4.69) is 20.1 Å². The van der Waals surface area contributed by atoms with Gasteiger partial charge in [-0.1, -0.05) is 46.0 Å². The zero-order valence-corrected chi connectivity index (χ0v) is 27.7. The van der Waals surface area contributed by atoms with Crippen LogP contribution in [0, 0.1) is 0 Å². The summed E-state index contributed by atoms with van der Waals surface area (Å²) in [4.78, 5) is 10.3. The van der Waals surface area contributed by atoms with Gasteiger partial charge in [0.1, 0.15) is 0 Å². The Bertz CT molecular complexity index is 1380. The number of ether oxygens (including phenoxy) is 1. The predicted octanol–water partition coefficient (Wildman–Crippen LogP) is 7.79. The van der Waals surface area contributed by atoms with Gasteiger partial charge in [0.05, 0.1) is 40.1 Å². The lowest BCUT2D eigenvalue weighted by atomic mass is 9.90. The van der Waals surface area contributed by atoms with Gasteiger partial charge in [0.25, 0.3) is 0 Å². The molecule has 266 valence electrons. The van der Waals surface area contributed by atoms with Crippen molar-refractivity contribution < 1.29 is 41.1 Å². The van der Waals surface area contributed by atoms with Crippen LogP contribution in [0.4, 0.5) is 26.3 Å². The molecule has 2 aliphatic heterocycles. The first-order valence-electron chi connectivity index (χ1n) is 15.7. The molecule has 48 heavy (non-hydrogen) atoms. The number of nitrogens with two attached hydrogens (primary N) is 1. The number of likely N-dealkylation sites (tertiary alicyclic amines) is 2. The molecular weight excluding hydrogens is 687 g/mol. The van der Waals surface area contributed by atoms with Gasteiger partial charge in [0.2, 0.25) is 0 Å². The van der Waals surface area contributed by atoms with Gasteiger partial charge < -0.3 is 30.3 Å². The van der Waals surface area contributed by atoms with Gasteiger partial charge in [-0.2, -0.15) is 26.3 Å². The second-order valence-electron chi connectivity index (χ2n) is 12.0. The normalized spacial score (nSPS) is 18.7. The van der Waals surface area contributed by atoms with E-state index in [1.54, 1.807) is 18.2 Å². The van der Waals surface area contributed by atoms with Gasteiger partial charge in [-0.15, -0.1) is 0 Å². The molecule has 2 aromatic carbocycles. The molecule has 0 saturated carbocycles. The SMILES string of the molecule is N/C(CO/N=C(\COCc1cc(C(F)(F)F)cc(C(F)(F)F)c1)C(CCN1CCC(N2CCCCC2)CC1)c1ccc(Cl)c(Cl)c1)=N\O. The second-order valence-corrected chi connectivity index (χ2v) is 12.9. The maximum atomic E-state index is 13.4. The van der Waals surface area contributed by atoms with Gasteiger partial charge in [-0.25, -0.2) is 0 Å². The predicted molar refractivity (Wildman–Crippen MR) is 172 cm³/mol. The lowest BCUT2D eigenvalue weighted by molar-refractivity contribution is -0.143. The summed E-state index contributed by atoms with van der Waals surface area (Å²) in [6, 6.07) is 6.89. The molecule has 0 bridgehead atoms. The third-order valence-electron chi connectivity index (χ3n) is 8.64. The van der Waals surface area contributed by atoms with E-state index in [1.807, 2.05) is 0 Å². The molecule has 0 aromatic heterocycles. The van der Waals surface area contributed by atoms with Gasteiger partial charge >= 0.3 is 12.4 Å². The Kier molecular flexibility index (Phi) is 13.7. The summed E-state index contributed by atoms with van der Waals surface area (Å²) in [6.07, 6.45) is -3.67. The summed E-state index contributed by atoms with van der Waals surface area (Å²) >= 11 is 12.5. The van der Waals surface area contributed by atoms with Crippen molar-refractivity contribution in [2.45, 2.75) is 69.4 Å². The lowest BCUT2D eigenvalue weighted by Gasteiger charge is -2.40. The Morgan fingerprint density at radius 1 is 0.896 bits per heavy atom. The van der Waals surface area contributed by atoms with E-state index < -0.39 is 36.0 Å². The molecule has 1 unspecified atom stereocenters. The maximum Gasteiger partial charge on any atom is 0.416 e. The van der Waals surface area contributed by atoms with Gasteiger partial charge in [0.15, 0.2) is 12.4 Å². The van der Waals surface area contributed by atoms with Crippen LogP contribution in [0.5, 0.6) is 0 Å². The van der Waals surface area contributed by atoms with Crippen LogP contribution in [0.15, 0.2) is 46.7 Å². The van der Waals surface area contributed by atoms with E-state index in [0.29, 0.717) is 41.7 Å². The number of rotatable bonds is 13. The molecule has 3 N–H and O–H groups in total. The van der Waals surface area contributed by atoms with E-state index in [9.17, 15) is 26.3 Å². The third-order valence-corrected chi connectivity index (χ3v) is 9.37. The molecule has 0 radical (unpaired) electrons. The molecule has 2 fully saturated rings. The minimum absolute atomic E-state index is 0.0625. The summed E-state index contributed by atoms with van der Waals surface area (Å²) in [5, 5.41) is 16.5. The minimum Gasteiger partial charge on any atom is -0.409 e. The first-order chi connectivity index (χ1) is 22.7. The van der Waals surface area contributed by atoms with Gasteiger partial charge in [-0.3, -0.25) is 0 Å². The number of nitrogens with zero attached hydrogens (tertiary/aromatic N) is 4. The fourth-order valence-electron chi connectivity index (χ4n) is 6.13. The molecule has 4 rings (SSSR count). The van der Waals surface area contributed by atoms with Crippen LogP contribution >= 0.6 is 23.2 Å². The minimum atomic E-state index is -4.99. The molecule has 2 saturated heterocycles. The monoisotopic (exact) mass is 725 g/mol. The quantitative estimate of drug-likeness (QED) is 0.0720. The molecule has 0 aliphatic carbocycles. The summed E-state index contributed by atoms with van der Waals surface area (Å²) in [5.41, 5.74) is 3.29. The van der Waals surface area contributed by atoms with Crippen molar-refractivity contribution in [2.75, 3.05) is 45.9 Å². The van der Waals surface area contributed by atoms with Crippen LogP contribution in [0.1, 0.15) is 66.7 Å². The standard InChI is InChI=1S/C32H39Cl2F6N5O3/c33-27-5-4-22(16-28(27)34)26(8-13-44-11-6-25(7-12-44)45-9-2-1-3-10-45)29(43-48-20-30(41)42-46)19-47-18-21-14-23(31(35,36)37)17-24(15-21)32(38,39)40/h4-5,14-17,25-26,46H,1-3,6-13,18-20H2,(H2,41,42)/b43-29+. The molecular formula is C32H39Cl2F6N5O3. The maximum absolute atomic E-state index is 13.4. The van der Waals surface area contributed by atoms with E-state index >= 15 is 0 Å². The molecule has 8 nitrogen and oxygen atoms in total. The molecule has 0 spiro atoms. The van der Waals surface area contributed by atoms with Crippen molar-refractivity contribution >= 4 is 34.7 Å². The van der Waals surface area contributed by atoms with Crippen molar-refractivity contribution in [1.82, 2.24) is 9.80 Å². The summed E-state index contributed by atoms with van der Waals surface area (Å²) in [7, 11) is 0. The molecule has 1 atom stereocenters. The number of amidine groups is 1. The highest BCUT2D eigenvalue weighted by molar-refractivity contribution is 6.42. The number of halogens is 8. The highest BCUT2D eigenvalue weighted by Crippen LogP contribution is 2.37. The number of oxime groups is 2. The Morgan fingerprint density at radius 3 is 2.12 bits per heavy atom. The van der Waals surface area contributed by atoms with Crippen LogP contribution in [-0.2, 0) is 28.5 Å². The van der Waals surface area contributed by atoms with Crippen molar-refractivity contribution in [3.63, 3.8) is 0 Å². The fourth-order valence-corrected chi connectivity index (χ4v) is 6.44. The van der Waals surface area contributed by atoms with E-state index in [-0.39, 0.29) is 41.4 Å². The molecule has 2 aliphatic rings. The van der Waals surface area contributed by atoms with Crippen LogP contribution in [0.25, 0.3) is 0 Å². The van der Waals surface area contributed by atoms with E-state index in [4.69, 9.17) is 43.7 Å².